The zero-order valence-corrected chi connectivity index (χ0v) is 16.6. The van der Waals surface area contributed by atoms with Crippen molar-refractivity contribution in [2.24, 2.45) is 0 Å². The molecule has 0 aliphatic carbocycles. The highest BCUT2D eigenvalue weighted by Gasteiger charge is 2.16. The van der Waals surface area contributed by atoms with E-state index in [2.05, 4.69) is 22.5 Å². The second-order valence-corrected chi connectivity index (χ2v) is 7.82. The number of carbonyl (C=O) groups excluding carboxylic acids is 1. The van der Waals surface area contributed by atoms with Crippen LogP contribution in [0, 0.1) is 20.8 Å². The summed E-state index contributed by atoms with van der Waals surface area (Å²) in [5, 5.41) is 0. The number of hydrogen-bond donors (Lipinski definition) is 0. The van der Waals surface area contributed by atoms with Gasteiger partial charge in [-0.3, -0.25) is 9.20 Å². The molecule has 0 fully saturated rings. The Bertz CT molecular complexity index is 913. The highest BCUT2D eigenvalue weighted by Crippen LogP contribution is 2.22. The van der Waals surface area contributed by atoms with Crippen molar-refractivity contribution in [2.75, 3.05) is 13.7 Å². The van der Waals surface area contributed by atoms with Crippen LogP contribution < -0.4 is 4.74 Å². The highest BCUT2D eigenvalue weighted by molar-refractivity contribution is 7.17. The molecule has 6 heteroatoms. The van der Waals surface area contributed by atoms with Gasteiger partial charge in [0.15, 0.2) is 4.96 Å². The van der Waals surface area contributed by atoms with Crippen LogP contribution in [0.25, 0.3) is 4.96 Å². The number of aromatic nitrogens is 2. The maximum absolute atomic E-state index is 12.4. The molecule has 0 bridgehead atoms. The van der Waals surface area contributed by atoms with Gasteiger partial charge < -0.3 is 9.64 Å². The van der Waals surface area contributed by atoms with Gasteiger partial charge in [-0.15, -0.1) is 11.3 Å². The Balaban J connectivity index is 1.51. The summed E-state index contributed by atoms with van der Waals surface area (Å²) in [6, 6.07) is 7.93. The average molecular weight is 372 g/mol. The lowest BCUT2D eigenvalue weighted by Gasteiger charge is -2.17. The van der Waals surface area contributed by atoms with Gasteiger partial charge in [-0.25, -0.2) is 4.98 Å². The molecule has 3 rings (SSSR count). The monoisotopic (exact) mass is 371 g/mol. The van der Waals surface area contributed by atoms with Crippen molar-refractivity contribution in [2.45, 2.75) is 40.2 Å². The quantitative estimate of drug-likeness (QED) is 0.587. The number of thiazole rings is 1. The van der Waals surface area contributed by atoms with Crippen molar-refractivity contribution in [1.29, 1.82) is 0 Å². The lowest BCUT2D eigenvalue weighted by atomic mass is 10.2. The van der Waals surface area contributed by atoms with Gasteiger partial charge in [-0.1, -0.05) is 18.2 Å². The molecule has 3 aromatic rings. The normalized spacial score (nSPS) is 11.1. The van der Waals surface area contributed by atoms with E-state index in [1.54, 1.807) is 16.2 Å². The number of aryl methyl sites for hydroxylation is 3. The molecule has 1 aromatic carbocycles. The second kappa shape index (κ2) is 7.91. The Kier molecular flexibility index (Phi) is 5.61. The SMILES string of the molecule is Cc1cn2c(CN(C)C(=O)CCCOc3ccccc3C)c(C)nc2s1. The molecule has 2 aromatic heterocycles. The van der Waals surface area contributed by atoms with Crippen LogP contribution in [0.5, 0.6) is 5.75 Å². The molecule has 0 N–H and O–H groups in total. The van der Waals surface area contributed by atoms with Crippen LogP contribution >= 0.6 is 11.3 Å². The summed E-state index contributed by atoms with van der Waals surface area (Å²) in [5.41, 5.74) is 3.18. The molecule has 0 aliphatic rings. The summed E-state index contributed by atoms with van der Waals surface area (Å²) in [7, 11) is 1.85. The zero-order valence-electron chi connectivity index (χ0n) is 15.8. The molecule has 0 radical (unpaired) electrons. The first-order valence-electron chi connectivity index (χ1n) is 8.82. The predicted molar refractivity (Wildman–Crippen MR) is 105 cm³/mol. The first-order chi connectivity index (χ1) is 12.5. The van der Waals surface area contributed by atoms with Gasteiger partial charge in [0.05, 0.1) is 24.5 Å². The fourth-order valence-corrected chi connectivity index (χ4v) is 3.82. The van der Waals surface area contributed by atoms with Crippen LogP contribution in [-0.4, -0.2) is 33.8 Å². The van der Waals surface area contributed by atoms with Crippen LogP contribution in [0.2, 0.25) is 0 Å². The van der Waals surface area contributed by atoms with Crippen molar-refractivity contribution in [3.63, 3.8) is 0 Å². The average Bonchev–Trinajstić information content (AvgIpc) is 3.09. The molecule has 0 saturated heterocycles. The van der Waals surface area contributed by atoms with Gasteiger partial charge in [0.2, 0.25) is 5.91 Å². The molecule has 0 aliphatic heterocycles. The molecule has 26 heavy (non-hydrogen) atoms. The van der Waals surface area contributed by atoms with Crippen LogP contribution in [0.15, 0.2) is 30.5 Å². The number of amides is 1. The van der Waals surface area contributed by atoms with E-state index in [1.165, 1.54) is 4.88 Å². The molecule has 0 spiro atoms. The van der Waals surface area contributed by atoms with E-state index < -0.39 is 0 Å². The standard InChI is InChI=1S/C20H25N3O2S/c1-14-8-5-6-9-18(14)25-11-7-10-19(24)22(4)13-17-16(3)21-20-23(17)12-15(2)26-20/h5-6,8-9,12H,7,10-11,13H2,1-4H3. The summed E-state index contributed by atoms with van der Waals surface area (Å²) in [5.74, 6) is 1.01. The number of imidazole rings is 1. The maximum atomic E-state index is 12.4. The minimum atomic E-state index is 0.125. The van der Waals surface area contributed by atoms with Crippen molar-refractivity contribution in [1.82, 2.24) is 14.3 Å². The van der Waals surface area contributed by atoms with Gasteiger partial charge in [-0.2, -0.15) is 0 Å². The fraction of sp³-hybridized carbons (Fsp3) is 0.400. The van der Waals surface area contributed by atoms with E-state index in [9.17, 15) is 4.79 Å². The minimum absolute atomic E-state index is 0.125. The van der Waals surface area contributed by atoms with Gasteiger partial charge in [0.1, 0.15) is 5.75 Å². The number of rotatable bonds is 7. The number of nitrogens with zero attached hydrogens (tertiary/aromatic N) is 3. The van der Waals surface area contributed by atoms with E-state index in [0.29, 0.717) is 26.0 Å². The van der Waals surface area contributed by atoms with Crippen molar-refractivity contribution in [3.05, 3.63) is 52.3 Å². The summed E-state index contributed by atoms with van der Waals surface area (Å²) >= 11 is 1.67. The Hall–Kier alpha value is -2.34. The maximum Gasteiger partial charge on any atom is 0.222 e. The summed E-state index contributed by atoms with van der Waals surface area (Å²) < 4.78 is 7.87. The Morgan fingerprint density at radius 3 is 2.81 bits per heavy atom. The highest BCUT2D eigenvalue weighted by atomic mass is 32.1. The zero-order chi connectivity index (χ0) is 18.7. The molecule has 138 valence electrons. The number of fused-ring (bicyclic) bond motifs is 1. The third kappa shape index (κ3) is 4.07. The summed E-state index contributed by atoms with van der Waals surface area (Å²) in [4.78, 5) is 21.0. The van der Waals surface area contributed by atoms with Crippen LogP contribution in [0.3, 0.4) is 0 Å². The van der Waals surface area contributed by atoms with Gasteiger partial charge in [0, 0.05) is 24.5 Å². The van der Waals surface area contributed by atoms with E-state index >= 15 is 0 Å². The van der Waals surface area contributed by atoms with Crippen LogP contribution in [0.1, 0.15) is 34.7 Å². The molecule has 0 unspecified atom stereocenters. The molecule has 2 heterocycles. The Morgan fingerprint density at radius 1 is 1.27 bits per heavy atom. The van der Waals surface area contributed by atoms with Crippen molar-refractivity contribution < 1.29 is 9.53 Å². The van der Waals surface area contributed by atoms with E-state index in [1.807, 2.05) is 45.2 Å². The largest absolute Gasteiger partial charge is 0.493 e. The first-order valence-corrected chi connectivity index (χ1v) is 9.63. The Labute approximate surface area is 158 Å². The number of hydrogen-bond acceptors (Lipinski definition) is 4. The molecule has 5 nitrogen and oxygen atoms in total. The van der Waals surface area contributed by atoms with Crippen molar-refractivity contribution in [3.8, 4) is 5.75 Å². The topological polar surface area (TPSA) is 46.8 Å². The van der Waals surface area contributed by atoms with Crippen LogP contribution in [0.4, 0.5) is 0 Å². The lowest BCUT2D eigenvalue weighted by molar-refractivity contribution is -0.130. The summed E-state index contributed by atoms with van der Waals surface area (Å²) in [6.45, 7) is 7.21. The molecule has 0 saturated carbocycles. The predicted octanol–water partition coefficient (Wildman–Crippen LogP) is 4.14. The van der Waals surface area contributed by atoms with E-state index in [0.717, 1.165) is 27.7 Å². The van der Waals surface area contributed by atoms with Crippen LogP contribution in [-0.2, 0) is 11.3 Å². The van der Waals surface area contributed by atoms with E-state index in [-0.39, 0.29) is 5.91 Å². The third-order valence-electron chi connectivity index (χ3n) is 4.44. The third-order valence-corrected chi connectivity index (χ3v) is 5.34. The molecular weight excluding hydrogens is 346 g/mol. The molecule has 0 atom stereocenters. The van der Waals surface area contributed by atoms with Gasteiger partial charge >= 0.3 is 0 Å². The number of carbonyl (C=O) groups is 1. The Morgan fingerprint density at radius 2 is 2.04 bits per heavy atom. The second-order valence-electron chi connectivity index (χ2n) is 6.61. The summed E-state index contributed by atoms with van der Waals surface area (Å²) in [6.07, 6.45) is 3.27. The number of ether oxygens (including phenoxy) is 1. The molecule has 1 amide bonds. The lowest BCUT2D eigenvalue weighted by Crippen LogP contribution is -2.27. The number of para-hydroxylation sites is 1. The number of benzene rings is 1. The van der Waals surface area contributed by atoms with Gasteiger partial charge in [-0.05, 0) is 38.8 Å². The fourth-order valence-electron chi connectivity index (χ4n) is 2.93. The van der Waals surface area contributed by atoms with Gasteiger partial charge in [0.25, 0.3) is 0 Å². The smallest absolute Gasteiger partial charge is 0.222 e. The molecular formula is C20H25N3O2S. The first kappa shape index (κ1) is 18.5. The van der Waals surface area contributed by atoms with Crippen molar-refractivity contribution >= 4 is 22.2 Å². The minimum Gasteiger partial charge on any atom is -0.493 e. The van der Waals surface area contributed by atoms with E-state index in [4.69, 9.17) is 4.74 Å².